The number of carbonyl (C=O) groups is 3. The Morgan fingerprint density at radius 1 is 1.22 bits per heavy atom. The van der Waals surface area contributed by atoms with Gasteiger partial charge in [0.1, 0.15) is 0 Å². The molecule has 0 radical (unpaired) electrons. The van der Waals surface area contributed by atoms with Gasteiger partial charge in [-0.2, -0.15) is 5.06 Å². The normalized spacial score (nSPS) is 12.0. The minimum absolute atomic E-state index is 0.0384. The number of carboxylic acids is 2. The molecule has 0 rings (SSSR count). The van der Waals surface area contributed by atoms with E-state index in [9.17, 15) is 14.4 Å². The number of ether oxygens (including phenoxy) is 1. The predicted molar refractivity (Wildman–Crippen MR) is 58.7 cm³/mol. The van der Waals surface area contributed by atoms with Gasteiger partial charge in [-0.3, -0.25) is 9.63 Å². The predicted octanol–water partition coefficient (Wildman–Crippen LogP) is 0.570. The van der Waals surface area contributed by atoms with Gasteiger partial charge < -0.3 is 14.9 Å². The molecule has 0 aromatic carbocycles. The molecule has 0 aromatic rings. The van der Waals surface area contributed by atoms with Crippen LogP contribution in [0.4, 0.5) is 4.79 Å². The fourth-order valence-corrected chi connectivity index (χ4v) is 1.03. The Hall–Kier alpha value is -1.83. The van der Waals surface area contributed by atoms with Crippen LogP contribution in [0.3, 0.4) is 0 Å². The first kappa shape index (κ1) is 16.2. The number of carbonyl (C=O) groups excluding carboxylic acids is 1. The minimum Gasteiger partial charge on any atom is -0.481 e. The molecule has 0 heterocycles. The van der Waals surface area contributed by atoms with Crippen LogP contribution in [0.15, 0.2) is 0 Å². The zero-order valence-corrected chi connectivity index (χ0v) is 10.5. The average molecular weight is 263 g/mol. The highest BCUT2D eigenvalue weighted by Crippen LogP contribution is 2.10. The molecular formula is C10H17NO7. The number of aliphatic carboxylic acids is 2. The van der Waals surface area contributed by atoms with Crippen LogP contribution in [0.5, 0.6) is 0 Å². The summed E-state index contributed by atoms with van der Waals surface area (Å²) in [6.45, 7) is 3.66. The first-order valence-electron chi connectivity index (χ1n) is 5.24. The van der Waals surface area contributed by atoms with Gasteiger partial charge >= 0.3 is 18.0 Å². The van der Waals surface area contributed by atoms with Crippen molar-refractivity contribution in [2.45, 2.75) is 26.3 Å². The van der Waals surface area contributed by atoms with E-state index in [2.05, 4.69) is 4.74 Å². The van der Waals surface area contributed by atoms with Crippen LogP contribution in [-0.4, -0.2) is 53.1 Å². The van der Waals surface area contributed by atoms with Gasteiger partial charge in [-0.05, 0) is 5.92 Å². The monoisotopic (exact) mass is 263 g/mol. The molecule has 1 atom stereocenters. The Balaban J connectivity index is 4.91. The second-order valence-corrected chi connectivity index (χ2v) is 3.94. The lowest BCUT2D eigenvalue weighted by atomic mass is 10.2. The Labute approximate surface area is 104 Å². The molecule has 0 unspecified atom stereocenters. The molecule has 1 amide bonds. The zero-order valence-electron chi connectivity index (χ0n) is 10.5. The maximum absolute atomic E-state index is 11.4. The van der Waals surface area contributed by atoms with Crippen LogP contribution in [0, 0.1) is 5.92 Å². The van der Waals surface area contributed by atoms with Crippen molar-refractivity contribution in [3.05, 3.63) is 0 Å². The topological polar surface area (TPSA) is 113 Å². The van der Waals surface area contributed by atoms with Gasteiger partial charge in [0.2, 0.25) is 0 Å². The van der Waals surface area contributed by atoms with Gasteiger partial charge in [-0.1, -0.05) is 13.8 Å². The molecule has 0 aromatic heterocycles. The highest BCUT2D eigenvalue weighted by atomic mass is 16.7. The molecule has 18 heavy (non-hydrogen) atoms. The van der Waals surface area contributed by atoms with Crippen molar-refractivity contribution in [1.29, 1.82) is 0 Å². The van der Waals surface area contributed by atoms with E-state index in [0.29, 0.717) is 5.06 Å². The number of carboxylic acid groups (broad SMARTS) is 2. The summed E-state index contributed by atoms with van der Waals surface area (Å²) in [5.74, 6) is -2.80. The van der Waals surface area contributed by atoms with Crippen LogP contribution in [0.2, 0.25) is 0 Å². The third-order valence-corrected chi connectivity index (χ3v) is 1.84. The average Bonchev–Trinajstić information content (AvgIpc) is 2.26. The number of hydrogen-bond donors (Lipinski definition) is 2. The third kappa shape index (κ3) is 5.48. The van der Waals surface area contributed by atoms with Gasteiger partial charge in [0.15, 0.2) is 6.04 Å². The quantitative estimate of drug-likeness (QED) is 0.645. The molecule has 0 spiro atoms. The van der Waals surface area contributed by atoms with E-state index in [4.69, 9.17) is 15.1 Å². The van der Waals surface area contributed by atoms with Crippen LogP contribution < -0.4 is 0 Å². The van der Waals surface area contributed by atoms with Crippen molar-refractivity contribution in [2.24, 2.45) is 5.92 Å². The smallest absolute Gasteiger partial charge is 0.434 e. The Morgan fingerprint density at radius 2 is 1.78 bits per heavy atom. The molecule has 8 heteroatoms. The first-order chi connectivity index (χ1) is 8.29. The SMILES string of the molecule is COC(=O)N(OCC(C)C)[C@@H](CC(=O)O)C(=O)O. The summed E-state index contributed by atoms with van der Waals surface area (Å²) in [5, 5.41) is 18.0. The highest BCUT2D eigenvalue weighted by molar-refractivity contribution is 5.84. The van der Waals surface area contributed by atoms with Crippen LogP contribution in [0.1, 0.15) is 20.3 Å². The van der Waals surface area contributed by atoms with Crippen molar-refractivity contribution < 1.29 is 34.2 Å². The summed E-state index contributed by atoms with van der Waals surface area (Å²) in [4.78, 5) is 37.9. The van der Waals surface area contributed by atoms with E-state index in [-0.39, 0.29) is 12.5 Å². The zero-order chi connectivity index (χ0) is 14.3. The Morgan fingerprint density at radius 3 is 2.11 bits per heavy atom. The Bertz CT molecular complexity index is 315. The molecule has 0 bridgehead atoms. The standard InChI is InChI=1S/C10H17NO7/c1-6(2)5-18-11(10(16)17-3)7(9(14)15)4-8(12)13/h6-7H,4-5H2,1-3H3,(H,12,13)(H,14,15)/t7-/m0/s1. The van der Waals surface area contributed by atoms with Crippen molar-refractivity contribution in [3.8, 4) is 0 Å². The maximum atomic E-state index is 11.4. The summed E-state index contributed by atoms with van der Waals surface area (Å²) in [6, 6.07) is -1.63. The molecule has 0 aliphatic rings. The van der Waals surface area contributed by atoms with Gasteiger partial charge in [-0.25, -0.2) is 9.59 Å². The molecular weight excluding hydrogens is 246 g/mol. The molecule has 0 aliphatic heterocycles. The third-order valence-electron chi connectivity index (χ3n) is 1.84. The summed E-state index contributed by atoms with van der Waals surface area (Å²) < 4.78 is 4.36. The van der Waals surface area contributed by atoms with Crippen molar-refractivity contribution in [1.82, 2.24) is 5.06 Å². The lowest BCUT2D eigenvalue weighted by Crippen LogP contribution is -2.46. The lowest BCUT2D eigenvalue weighted by molar-refractivity contribution is -0.189. The lowest BCUT2D eigenvalue weighted by Gasteiger charge is -2.26. The first-order valence-corrected chi connectivity index (χ1v) is 5.24. The summed E-state index contributed by atoms with van der Waals surface area (Å²) in [7, 11) is 1.05. The second kappa shape index (κ2) is 7.49. The second-order valence-electron chi connectivity index (χ2n) is 3.94. The maximum Gasteiger partial charge on any atom is 0.434 e. The van der Waals surface area contributed by atoms with E-state index < -0.39 is 30.5 Å². The van der Waals surface area contributed by atoms with Crippen molar-refractivity contribution in [3.63, 3.8) is 0 Å². The summed E-state index contributed by atoms with van der Waals surface area (Å²) >= 11 is 0. The minimum atomic E-state index is -1.63. The van der Waals surface area contributed by atoms with Crippen molar-refractivity contribution in [2.75, 3.05) is 13.7 Å². The van der Waals surface area contributed by atoms with Crippen LogP contribution >= 0.6 is 0 Å². The fourth-order valence-electron chi connectivity index (χ4n) is 1.03. The molecule has 2 N–H and O–H groups in total. The Kier molecular flexibility index (Phi) is 6.73. The molecule has 0 fully saturated rings. The number of methoxy groups -OCH3 is 1. The van der Waals surface area contributed by atoms with Crippen LogP contribution in [-0.2, 0) is 19.2 Å². The van der Waals surface area contributed by atoms with E-state index in [1.54, 1.807) is 13.8 Å². The molecule has 0 saturated heterocycles. The van der Waals surface area contributed by atoms with Crippen LogP contribution in [0.25, 0.3) is 0 Å². The summed E-state index contributed by atoms with van der Waals surface area (Å²) in [6.07, 6.45) is -1.83. The van der Waals surface area contributed by atoms with Gasteiger partial charge in [0.25, 0.3) is 0 Å². The number of nitrogens with zero attached hydrogens (tertiary/aromatic N) is 1. The van der Waals surface area contributed by atoms with Gasteiger partial charge in [0, 0.05) is 0 Å². The van der Waals surface area contributed by atoms with E-state index >= 15 is 0 Å². The summed E-state index contributed by atoms with van der Waals surface area (Å²) in [5.41, 5.74) is 0. The fraction of sp³-hybridized carbons (Fsp3) is 0.700. The van der Waals surface area contributed by atoms with E-state index in [1.807, 2.05) is 0 Å². The van der Waals surface area contributed by atoms with Crippen molar-refractivity contribution >= 4 is 18.0 Å². The largest absolute Gasteiger partial charge is 0.481 e. The molecule has 0 aliphatic carbocycles. The van der Waals surface area contributed by atoms with E-state index in [0.717, 1.165) is 7.11 Å². The van der Waals surface area contributed by atoms with Gasteiger partial charge in [0.05, 0.1) is 20.1 Å². The number of hydroxylamine groups is 2. The number of hydrogen-bond acceptors (Lipinski definition) is 5. The van der Waals surface area contributed by atoms with E-state index in [1.165, 1.54) is 0 Å². The number of rotatable bonds is 7. The molecule has 8 nitrogen and oxygen atoms in total. The molecule has 0 saturated carbocycles. The van der Waals surface area contributed by atoms with Gasteiger partial charge in [-0.15, -0.1) is 0 Å². The highest BCUT2D eigenvalue weighted by Gasteiger charge is 2.34. The molecule has 104 valence electrons. The number of amides is 1.